The summed E-state index contributed by atoms with van der Waals surface area (Å²) in [6.07, 6.45) is 1.69. The third kappa shape index (κ3) is 3.53. The highest BCUT2D eigenvalue weighted by Crippen LogP contribution is 2.32. The van der Waals surface area contributed by atoms with Gasteiger partial charge in [0.15, 0.2) is 9.84 Å². The zero-order valence-corrected chi connectivity index (χ0v) is 15.4. The van der Waals surface area contributed by atoms with Crippen LogP contribution in [-0.2, 0) is 4.79 Å². The first-order chi connectivity index (χ1) is 10.5. The van der Waals surface area contributed by atoms with Crippen LogP contribution in [0.4, 0.5) is 5.69 Å². The second-order valence-electron chi connectivity index (χ2n) is 4.59. The Bertz CT molecular complexity index is 792. The lowest BCUT2D eigenvalue weighted by Gasteiger charge is -1.97. The van der Waals surface area contributed by atoms with Crippen LogP contribution in [0.2, 0.25) is 0 Å². The lowest BCUT2D eigenvalue weighted by atomic mass is 10.2. The average molecular weight is 442 g/mol. The summed E-state index contributed by atoms with van der Waals surface area (Å²) >= 11 is 7.90. The van der Waals surface area contributed by atoms with E-state index in [0.29, 0.717) is 20.5 Å². The second-order valence-corrected chi connectivity index (χ2v) is 7.20. The fourth-order valence-corrected chi connectivity index (χ4v) is 3.29. The van der Waals surface area contributed by atoms with E-state index in [4.69, 9.17) is 4.42 Å². The molecule has 0 radical (unpaired) electrons. The number of aliphatic imine (C=N–C) groups is 1. The fraction of sp³-hybridized carbons (Fsp3) is 0.0667. The van der Waals surface area contributed by atoms with Crippen LogP contribution < -0.4 is 5.32 Å². The van der Waals surface area contributed by atoms with E-state index in [1.807, 2.05) is 31.2 Å². The van der Waals surface area contributed by atoms with Crippen molar-refractivity contribution in [3.63, 3.8) is 0 Å². The van der Waals surface area contributed by atoms with Gasteiger partial charge in [0.05, 0.1) is 15.1 Å². The average Bonchev–Trinajstić information content (AvgIpc) is 2.93. The number of carbonyl (C=O) groups is 1. The van der Waals surface area contributed by atoms with Gasteiger partial charge in [-0.05, 0) is 74.3 Å². The molecule has 22 heavy (non-hydrogen) atoms. The third-order valence-electron chi connectivity index (χ3n) is 2.82. The Hall–Kier alpha value is -1.31. The van der Waals surface area contributed by atoms with Crippen molar-refractivity contribution in [3.8, 4) is 0 Å². The molecular weight excluding hydrogens is 432 g/mol. The summed E-state index contributed by atoms with van der Waals surface area (Å²) in [5.74, 6) is 0.410. The van der Waals surface area contributed by atoms with E-state index < -0.39 is 0 Å². The molecule has 4 nitrogen and oxygen atoms in total. The standard InChI is InChI=1S/C15H10Br2N2O2S/c1-8-3-2-4-9(5-8)18-15-19-14(20)12(22-15)7-10-6-11(16)13(17)21-10/h2-7H,1H3,(H,18,19,20)/b12-7-. The molecule has 3 rings (SSSR count). The lowest BCUT2D eigenvalue weighted by molar-refractivity contribution is -0.115. The van der Waals surface area contributed by atoms with E-state index in [9.17, 15) is 4.79 Å². The quantitative estimate of drug-likeness (QED) is 0.666. The van der Waals surface area contributed by atoms with Gasteiger partial charge in [0.1, 0.15) is 5.76 Å². The van der Waals surface area contributed by atoms with Crippen molar-refractivity contribution in [1.82, 2.24) is 5.32 Å². The molecule has 112 valence electrons. The van der Waals surface area contributed by atoms with Gasteiger partial charge in [-0.15, -0.1) is 0 Å². The van der Waals surface area contributed by atoms with Gasteiger partial charge >= 0.3 is 0 Å². The molecule has 1 aromatic heterocycles. The first-order valence-electron chi connectivity index (χ1n) is 6.32. The molecule has 0 aliphatic carbocycles. The number of halogens is 2. The van der Waals surface area contributed by atoms with Crippen molar-refractivity contribution in [2.75, 3.05) is 0 Å². The summed E-state index contributed by atoms with van der Waals surface area (Å²) < 4.78 is 6.85. The van der Waals surface area contributed by atoms with Crippen LogP contribution in [-0.4, -0.2) is 11.1 Å². The molecule has 0 bridgehead atoms. The molecule has 1 fully saturated rings. The zero-order chi connectivity index (χ0) is 15.7. The molecule has 1 N–H and O–H groups in total. The molecule has 7 heteroatoms. The Morgan fingerprint density at radius 2 is 2.14 bits per heavy atom. The monoisotopic (exact) mass is 440 g/mol. The van der Waals surface area contributed by atoms with Gasteiger partial charge in [0.2, 0.25) is 0 Å². The van der Waals surface area contributed by atoms with Crippen molar-refractivity contribution in [1.29, 1.82) is 0 Å². The van der Waals surface area contributed by atoms with Crippen LogP contribution in [0.15, 0.2) is 53.8 Å². The summed E-state index contributed by atoms with van der Waals surface area (Å²) in [5, 5.41) is 3.32. The number of hydrogen-bond acceptors (Lipinski definition) is 4. The molecule has 0 atom stereocenters. The van der Waals surface area contributed by atoms with E-state index in [0.717, 1.165) is 15.7 Å². The number of thioether (sulfide) groups is 1. The van der Waals surface area contributed by atoms with Gasteiger partial charge in [-0.25, -0.2) is 4.99 Å². The predicted octanol–water partition coefficient (Wildman–Crippen LogP) is 5.00. The Morgan fingerprint density at radius 1 is 1.32 bits per heavy atom. The van der Waals surface area contributed by atoms with Gasteiger partial charge < -0.3 is 9.73 Å². The molecule has 0 spiro atoms. The molecule has 2 aromatic rings. The SMILES string of the molecule is Cc1cccc(N=C2NC(=O)/C(=C/c3cc(Br)c(Br)o3)S2)c1. The van der Waals surface area contributed by atoms with Crippen LogP contribution in [0.5, 0.6) is 0 Å². The first-order valence-corrected chi connectivity index (χ1v) is 8.72. The maximum atomic E-state index is 12.0. The molecule has 0 unspecified atom stereocenters. The van der Waals surface area contributed by atoms with Gasteiger partial charge in [0.25, 0.3) is 5.91 Å². The number of nitrogens with one attached hydrogen (secondary N) is 1. The van der Waals surface area contributed by atoms with Crippen LogP contribution in [0.3, 0.4) is 0 Å². The number of carbonyl (C=O) groups excluding carboxylic acids is 1. The van der Waals surface area contributed by atoms with E-state index >= 15 is 0 Å². The first kappa shape index (κ1) is 15.6. The highest BCUT2D eigenvalue weighted by Gasteiger charge is 2.24. The lowest BCUT2D eigenvalue weighted by Crippen LogP contribution is -2.19. The van der Waals surface area contributed by atoms with Gasteiger partial charge in [-0.1, -0.05) is 12.1 Å². The zero-order valence-electron chi connectivity index (χ0n) is 11.4. The van der Waals surface area contributed by atoms with E-state index in [1.54, 1.807) is 12.1 Å². The van der Waals surface area contributed by atoms with Crippen molar-refractivity contribution >= 4 is 66.5 Å². The largest absolute Gasteiger partial charge is 0.449 e. The maximum absolute atomic E-state index is 12.0. The molecular formula is C15H10Br2N2O2S. The maximum Gasteiger partial charge on any atom is 0.264 e. The Kier molecular flexibility index (Phi) is 4.56. The molecule has 1 aromatic carbocycles. The minimum atomic E-state index is -0.181. The fourth-order valence-electron chi connectivity index (χ4n) is 1.86. The van der Waals surface area contributed by atoms with Gasteiger partial charge in [0, 0.05) is 6.08 Å². The summed E-state index contributed by atoms with van der Waals surface area (Å²) in [6.45, 7) is 2.00. The molecule has 1 saturated heterocycles. The minimum absolute atomic E-state index is 0.181. The topological polar surface area (TPSA) is 54.6 Å². The summed E-state index contributed by atoms with van der Waals surface area (Å²) in [7, 11) is 0. The Morgan fingerprint density at radius 3 is 2.82 bits per heavy atom. The van der Waals surface area contributed by atoms with Gasteiger partial charge in [-0.2, -0.15) is 0 Å². The second kappa shape index (κ2) is 6.44. The number of hydrogen-bond donors (Lipinski definition) is 1. The van der Waals surface area contributed by atoms with E-state index in [2.05, 4.69) is 42.2 Å². The minimum Gasteiger partial charge on any atom is -0.449 e. The Balaban J connectivity index is 1.84. The van der Waals surface area contributed by atoms with E-state index in [-0.39, 0.29) is 5.91 Å². The summed E-state index contributed by atoms with van der Waals surface area (Å²) in [4.78, 5) is 17.0. The molecule has 1 aliphatic heterocycles. The number of aryl methyl sites for hydroxylation is 1. The molecule has 1 amide bonds. The van der Waals surface area contributed by atoms with E-state index in [1.165, 1.54) is 11.8 Å². The summed E-state index contributed by atoms with van der Waals surface area (Å²) in [5.41, 5.74) is 1.93. The summed E-state index contributed by atoms with van der Waals surface area (Å²) in [6, 6.07) is 9.59. The van der Waals surface area contributed by atoms with Gasteiger partial charge in [-0.3, -0.25) is 4.79 Å². The smallest absolute Gasteiger partial charge is 0.264 e. The molecule has 0 saturated carbocycles. The number of amidine groups is 1. The van der Waals surface area contributed by atoms with Crippen molar-refractivity contribution in [2.45, 2.75) is 6.92 Å². The normalized spacial score (nSPS) is 18.2. The Labute approximate surface area is 148 Å². The van der Waals surface area contributed by atoms with Crippen molar-refractivity contribution < 1.29 is 9.21 Å². The number of nitrogens with zero attached hydrogens (tertiary/aromatic N) is 1. The third-order valence-corrected chi connectivity index (χ3v) is 5.44. The molecule has 1 aliphatic rings. The highest BCUT2D eigenvalue weighted by molar-refractivity contribution is 9.13. The predicted molar refractivity (Wildman–Crippen MR) is 96.1 cm³/mol. The number of amides is 1. The van der Waals surface area contributed by atoms with Crippen molar-refractivity contribution in [2.24, 2.45) is 4.99 Å². The van der Waals surface area contributed by atoms with Crippen molar-refractivity contribution in [3.05, 3.63) is 55.7 Å². The van der Waals surface area contributed by atoms with Crippen LogP contribution >= 0.6 is 43.6 Å². The van der Waals surface area contributed by atoms with Crippen LogP contribution in [0.1, 0.15) is 11.3 Å². The molecule has 2 heterocycles. The van der Waals surface area contributed by atoms with Crippen LogP contribution in [0.25, 0.3) is 6.08 Å². The van der Waals surface area contributed by atoms with Crippen LogP contribution in [0, 0.1) is 6.92 Å². The number of benzene rings is 1. The highest BCUT2D eigenvalue weighted by atomic mass is 79.9. The number of furan rings is 1. The number of rotatable bonds is 2.